The lowest BCUT2D eigenvalue weighted by Crippen LogP contribution is -2.41. The van der Waals surface area contributed by atoms with Gasteiger partial charge in [-0.1, -0.05) is 41.9 Å². The third-order valence-corrected chi connectivity index (χ3v) is 5.51. The highest BCUT2D eigenvalue weighted by atomic mass is 35.5. The maximum Gasteiger partial charge on any atom is 0.343 e. The number of carbonyl (C=O) groups excluding carboxylic acids is 3. The fourth-order valence-corrected chi connectivity index (χ4v) is 4.06. The molecule has 1 aromatic heterocycles. The summed E-state index contributed by atoms with van der Waals surface area (Å²) in [4.78, 5) is 39.4. The molecule has 3 aromatic rings. The predicted octanol–water partition coefficient (Wildman–Crippen LogP) is 3.75. The van der Waals surface area contributed by atoms with Crippen molar-refractivity contribution in [3.05, 3.63) is 71.0 Å². The highest BCUT2D eigenvalue weighted by molar-refractivity contribution is 6.33. The molecule has 1 aliphatic rings. The number of aryl methyl sites for hydroxylation is 1. The highest BCUT2D eigenvalue weighted by Gasteiger charge is 2.31. The SMILES string of the molecule is Cc1nn(-c2ccccc2)c(Cl)c1C(=O)OCC(=O)N1c2ccccc2NC(=O)CC1C. The van der Waals surface area contributed by atoms with Crippen molar-refractivity contribution < 1.29 is 19.1 Å². The number of anilines is 2. The molecule has 0 saturated carbocycles. The Morgan fingerprint density at radius 2 is 1.84 bits per heavy atom. The average Bonchev–Trinajstić information content (AvgIpc) is 3.00. The number of fused-ring (bicyclic) bond motifs is 1. The number of hydrogen-bond donors (Lipinski definition) is 1. The van der Waals surface area contributed by atoms with E-state index in [1.807, 2.05) is 30.3 Å². The fraction of sp³-hybridized carbons (Fsp3) is 0.217. The number of aromatic nitrogens is 2. The van der Waals surface area contributed by atoms with Gasteiger partial charge in [0.15, 0.2) is 6.61 Å². The first-order valence-corrected chi connectivity index (χ1v) is 10.4. The highest BCUT2D eigenvalue weighted by Crippen LogP contribution is 2.31. The van der Waals surface area contributed by atoms with Crippen molar-refractivity contribution in [2.45, 2.75) is 26.3 Å². The summed E-state index contributed by atoms with van der Waals surface area (Å²) in [5, 5.41) is 7.22. The zero-order chi connectivity index (χ0) is 22.8. The minimum Gasteiger partial charge on any atom is -0.452 e. The monoisotopic (exact) mass is 452 g/mol. The predicted molar refractivity (Wildman–Crippen MR) is 120 cm³/mol. The Labute approximate surface area is 189 Å². The first-order valence-electron chi connectivity index (χ1n) is 10.1. The number of nitrogens with one attached hydrogen (secondary N) is 1. The lowest BCUT2D eigenvalue weighted by Gasteiger charge is -2.27. The quantitative estimate of drug-likeness (QED) is 0.608. The average molecular weight is 453 g/mol. The van der Waals surface area contributed by atoms with Crippen LogP contribution in [0.15, 0.2) is 54.6 Å². The lowest BCUT2D eigenvalue weighted by molar-refractivity contribution is -0.122. The van der Waals surface area contributed by atoms with Crippen LogP contribution in [0.5, 0.6) is 0 Å². The van der Waals surface area contributed by atoms with Gasteiger partial charge in [-0.3, -0.25) is 9.59 Å². The van der Waals surface area contributed by atoms with Crippen LogP contribution in [-0.4, -0.2) is 40.2 Å². The third kappa shape index (κ3) is 4.09. The van der Waals surface area contributed by atoms with E-state index < -0.39 is 24.5 Å². The first-order chi connectivity index (χ1) is 15.4. The number of benzene rings is 2. The molecule has 8 nitrogen and oxygen atoms in total. The summed E-state index contributed by atoms with van der Waals surface area (Å²) in [6.07, 6.45) is 0.128. The van der Waals surface area contributed by atoms with Crippen LogP contribution in [0.3, 0.4) is 0 Å². The molecule has 0 bridgehead atoms. The normalized spacial score (nSPS) is 15.5. The molecular formula is C23H21ClN4O4. The topological polar surface area (TPSA) is 93.5 Å². The van der Waals surface area contributed by atoms with Crippen molar-refractivity contribution in [2.24, 2.45) is 0 Å². The molecule has 32 heavy (non-hydrogen) atoms. The largest absolute Gasteiger partial charge is 0.452 e. The smallest absolute Gasteiger partial charge is 0.343 e. The van der Waals surface area contributed by atoms with Crippen molar-refractivity contribution in [1.82, 2.24) is 9.78 Å². The molecule has 2 heterocycles. The Hall–Kier alpha value is -3.65. The molecule has 2 aromatic carbocycles. The van der Waals surface area contributed by atoms with Gasteiger partial charge in [0.1, 0.15) is 10.7 Å². The second-order valence-corrected chi connectivity index (χ2v) is 7.81. The maximum atomic E-state index is 13.0. The molecule has 1 N–H and O–H groups in total. The zero-order valence-corrected chi connectivity index (χ0v) is 18.3. The van der Waals surface area contributed by atoms with Crippen LogP contribution < -0.4 is 10.2 Å². The van der Waals surface area contributed by atoms with Crippen molar-refractivity contribution >= 4 is 40.8 Å². The number of hydrogen-bond acceptors (Lipinski definition) is 5. The molecule has 2 amide bonds. The molecule has 4 rings (SSSR count). The number of nitrogens with zero attached hydrogens (tertiary/aromatic N) is 3. The zero-order valence-electron chi connectivity index (χ0n) is 17.5. The number of halogens is 1. The van der Waals surface area contributed by atoms with Gasteiger partial charge in [-0.05, 0) is 38.1 Å². The second kappa shape index (κ2) is 8.84. The molecule has 1 unspecified atom stereocenters. The molecule has 0 spiro atoms. The van der Waals surface area contributed by atoms with Crippen LogP contribution >= 0.6 is 11.6 Å². The molecule has 1 aliphatic heterocycles. The summed E-state index contributed by atoms with van der Waals surface area (Å²) in [7, 11) is 0. The lowest BCUT2D eigenvalue weighted by atomic mass is 10.1. The number of para-hydroxylation sites is 3. The molecule has 0 saturated heterocycles. The molecule has 0 aliphatic carbocycles. The van der Waals surface area contributed by atoms with E-state index in [0.29, 0.717) is 22.8 Å². The van der Waals surface area contributed by atoms with E-state index in [1.165, 1.54) is 9.58 Å². The molecule has 0 fully saturated rings. The first kappa shape index (κ1) is 21.6. The standard InChI is InChI=1S/C23H21ClN4O4/c1-14-12-19(29)25-17-10-6-7-11-18(17)27(14)20(30)13-32-23(31)21-15(2)26-28(22(21)24)16-8-4-3-5-9-16/h3-11,14H,12-13H2,1-2H3,(H,25,29). The van der Waals surface area contributed by atoms with Crippen LogP contribution in [0.4, 0.5) is 11.4 Å². The van der Waals surface area contributed by atoms with Crippen LogP contribution in [0, 0.1) is 6.92 Å². The van der Waals surface area contributed by atoms with Gasteiger partial charge in [0.05, 0.1) is 22.8 Å². The molecule has 9 heteroatoms. The van der Waals surface area contributed by atoms with Gasteiger partial charge in [0, 0.05) is 12.5 Å². The summed E-state index contributed by atoms with van der Waals surface area (Å²) >= 11 is 6.41. The van der Waals surface area contributed by atoms with Gasteiger partial charge >= 0.3 is 5.97 Å². The number of rotatable bonds is 4. The Bertz CT molecular complexity index is 1190. The van der Waals surface area contributed by atoms with Crippen molar-refractivity contribution in [1.29, 1.82) is 0 Å². The van der Waals surface area contributed by atoms with E-state index in [0.717, 1.165) is 0 Å². The molecule has 0 radical (unpaired) electrons. The number of amides is 2. The summed E-state index contributed by atoms with van der Waals surface area (Å²) in [5.41, 5.74) is 2.27. The number of carbonyl (C=O) groups is 3. The van der Waals surface area contributed by atoms with Crippen molar-refractivity contribution in [3.8, 4) is 5.69 Å². The second-order valence-electron chi connectivity index (χ2n) is 7.46. The molecule has 164 valence electrons. The third-order valence-electron chi connectivity index (χ3n) is 5.16. The molecular weight excluding hydrogens is 432 g/mol. The van der Waals surface area contributed by atoms with Crippen LogP contribution in [0.2, 0.25) is 5.15 Å². The summed E-state index contributed by atoms with van der Waals surface area (Å²) in [6.45, 7) is 2.92. The molecule has 1 atom stereocenters. The Morgan fingerprint density at radius 1 is 1.16 bits per heavy atom. The Kier molecular flexibility index (Phi) is 5.96. The van der Waals surface area contributed by atoms with Gasteiger partial charge < -0.3 is 15.0 Å². The van der Waals surface area contributed by atoms with Gasteiger partial charge in [0.2, 0.25) is 5.91 Å². The minimum atomic E-state index is -0.743. The van der Waals surface area contributed by atoms with E-state index in [-0.39, 0.29) is 23.0 Å². The Balaban J connectivity index is 1.53. The van der Waals surface area contributed by atoms with E-state index in [4.69, 9.17) is 16.3 Å². The van der Waals surface area contributed by atoms with E-state index in [2.05, 4.69) is 10.4 Å². The maximum absolute atomic E-state index is 13.0. The van der Waals surface area contributed by atoms with E-state index in [9.17, 15) is 14.4 Å². The van der Waals surface area contributed by atoms with Gasteiger partial charge in [-0.25, -0.2) is 9.48 Å². The minimum absolute atomic E-state index is 0.101. The number of ether oxygens (including phenoxy) is 1. The van der Waals surface area contributed by atoms with Gasteiger partial charge in [-0.2, -0.15) is 5.10 Å². The van der Waals surface area contributed by atoms with E-state index >= 15 is 0 Å². The van der Waals surface area contributed by atoms with Crippen LogP contribution in [-0.2, 0) is 14.3 Å². The van der Waals surface area contributed by atoms with Crippen molar-refractivity contribution in [3.63, 3.8) is 0 Å². The fourth-order valence-electron chi connectivity index (χ4n) is 3.71. The summed E-state index contributed by atoms with van der Waals surface area (Å²) < 4.78 is 6.76. The Morgan fingerprint density at radius 3 is 2.59 bits per heavy atom. The van der Waals surface area contributed by atoms with Gasteiger partial charge in [0.25, 0.3) is 5.91 Å². The van der Waals surface area contributed by atoms with Crippen molar-refractivity contribution in [2.75, 3.05) is 16.8 Å². The van der Waals surface area contributed by atoms with E-state index in [1.54, 1.807) is 38.1 Å². The summed E-state index contributed by atoms with van der Waals surface area (Å²) in [6, 6.07) is 15.7. The van der Waals surface area contributed by atoms with Crippen LogP contribution in [0.25, 0.3) is 5.69 Å². The van der Waals surface area contributed by atoms with Crippen LogP contribution in [0.1, 0.15) is 29.4 Å². The summed E-state index contributed by atoms with van der Waals surface area (Å²) in [5.74, 6) is -1.38. The van der Waals surface area contributed by atoms with Gasteiger partial charge in [-0.15, -0.1) is 0 Å². The number of esters is 1.